The van der Waals surface area contributed by atoms with Crippen molar-refractivity contribution in [2.24, 2.45) is 5.73 Å². The molecule has 0 fully saturated rings. The third kappa shape index (κ3) is 3.73. The summed E-state index contributed by atoms with van der Waals surface area (Å²) in [7, 11) is 0. The summed E-state index contributed by atoms with van der Waals surface area (Å²) in [5.41, 5.74) is 5.12. The van der Waals surface area contributed by atoms with Crippen LogP contribution in [0.2, 0.25) is 0 Å². The Hall–Kier alpha value is -1.56. The highest BCUT2D eigenvalue weighted by Crippen LogP contribution is 2.31. The molecule has 0 saturated carbocycles. The van der Waals surface area contributed by atoms with Crippen LogP contribution in [0.3, 0.4) is 0 Å². The second-order valence-electron chi connectivity index (χ2n) is 3.57. The number of alkyl halides is 3. The maximum atomic E-state index is 12.6. The first-order chi connectivity index (χ1) is 8.36. The minimum absolute atomic E-state index is 0.0347. The summed E-state index contributed by atoms with van der Waals surface area (Å²) >= 11 is 4.84. The van der Waals surface area contributed by atoms with Crippen LogP contribution in [0.25, 0.3) is 0 Å². The van der Waals surface area contributed by atoms with Crippen molar-refractivity contribution in [1.82, 2.24) is 0 Å². The monoisotopic (exact) mass is 274 g/mol. The van der Waals surface area contributed by atoms with E-state index in [4.69, 9.17) is 18.0 Å². The van der Waals surface area contributed by atoms with Crippen molar-refractivity contribution in [1.29, 1.82) is 0 Å². The summed E-state index contributed by atoms with van der Waals surface area (Å²) in [6, 6.07) is 4.91. The molecule has 1 aromatic carbocycles. The number of nitrogens with two attached hydrogens (primary N) is 1. The summed E-state index contributed by atoms with van der Waals surface area (Å²) in [4.78, 5) is 1.44. The molecule has 0 saturated heterocycles. The first-order valence-electron chi connectivity index (χ1n) is 5.21. The van der Waals surface area contributed by atoms with Crippen molar-refractivity contribution in [2.75, 3.05) is 11.4 Å². The molecule has 18 heavy (non-hydrogen) atoms. The lowest BCUT2D eigenvalue weighted by Gasteiger charge is -2.22. The Morgan fingerprint density at radius 1 is 1.44 bits per heavy atom. The van der Waals surface area contributed by atoms with Gasteiger partial charge in [0.25, 0.3) is 0 Å². The molecule has 0 radical (unpaired) electrons. The van der Waals surface area contributed by atoms with Gasteiger partial charge in [-0.3, -0.25) is 0 Å². The van der Waals surface area contributed by atoms with Gasteiger partial charge in [-0.25, -0.2) is 0 Å². The fraction of sp³-hybridized carbons (Fsp3) is 0.250. The normalized spacial score (nSPS) is 11.8. The van der Waals surface area contributed by atoms with Gasteiger partial charge >= 0.3 is 6.18 Å². The fourth-order valence-corrected chi connectivity index (χ4v) is 1.56. The number of nitrogens with zero attached hydrogens (tertiary/aromatic N) is 1. The number of rotatable bonds is 3. The molecule has 0 aromatic heterocycles. The number of hydrogen-bond donors (Lipinski definition) is 1. The van der Waals surface area contributed by atoms with Crippen LogP contribution in [0.15, 0.2) is 36.4 Å². The predicted octanol–water partition coefficient (Wildman–Crippen LogP) is 3.33. The van der Waals surface area contributed by atoms with E-state index in [0.717, 1.165) is 12.1 Å². The van der Waals surface area contributed by atoms with Crippen LogP contribution >= 0.6 is 12.2 Å². The molecule has 0 amide bonds. The molecule has 2 N–H and O–H groups in total. The minimum atomic E-state index is -4.38. The van der Waals surface area contributed by atoms with Gasteiger partial charge in [-0.05, 0) is 37.3 Å². The average molecular weight is 274 g/mol. The number of halogens is 3. The van der Waals surface area contributed by atoms with Crippen molar-refractivity contribution in [3.63, 3.8) is 0 Å². The van der Waals surface area contributed by atoms with Gasteiger partial charge in [0.05, 0.1) is 5.56 Å². The average Bonchev–Trinajstić information content (AvgIpc) is 2.28. The quantitative estimate of drug-likeness (QED) is 0.677. The summed E-state index contributed by atoms with van der Waals surface area (Å²) < 4.78 is 37.8. The van der Waals surface area contributed by atoms with Crippen LogP contribution < -0.4 is 10.6 Å². The second kappa shape index (κ2) is 5.86. The van der Waals surface area contributed by atoms with Crippen LogP contribution in [-0.2, 0) is 6.18 Å². The SMILES string of the molecule is C/C=C/CN(C(N)=S)c1cccc(C(F)(F)F)c1. The van der Waals surface area contributed by atoms with Crippen LogP contribution in [-0.4, -0.2) is 11.7 Å². The molecular weight excluding hydrogens is 261 g/mol. The highest BCUT2D eigenvalue weighted by Gasteiger charge is 2.30. The minimum Gasteiger partial charge on any atom is -0.376 e. The number of anilines is 1. The molecule has 0 atom stereocenters. The van der Waals surface area contributed by atoms with Crippen molar-refractivity contribution in [3.05, 3.63) is 42.0 Å². The zero-order valence-corrected chi connectivity index (χ0v) is 10.6. The van der Waals surface area contributed by atoms with Crippen LogP contribution in [0, 0.1) is 0 Å². The van der Waals surface area contributed by atoms with E-state index in [2.05, 4.69) is 0 Å². The van der Waals surface area contributed by atoms with Gasteiger partial charge in [0.1, 0.15) is 0 Å². The van der Waals surface area contributed by atoms with E-state index >= 15 is 0 Å². The molecule has 2 nitrogen and oxygen atoms in total. The lowest BCUT2D eigenvalue weighted by Crippen LogP contribution is -2.35. The van der Waals surface area contributed by atoms with Crippen molar-refractivity contribution in [2.45, 2.75) is 13.1 Å². The van der Waals surface area contributed by atoms with Gasteiger partial charge in [0, 0.05) is 12.2 Å². The molecule has 1 aromatic rings. The van der Waals surface area contributed by atoms with Gasteiger partial charge in [0.15, 0.2) is 5.11 Å². The molecule has 6 heteroatoms. The van der Waals surface area contributed by atoms with Crippen LogP contribution in [0.4, 0.5) is 18.9 Å². The Bertz CT molecular complexity index is 455. The van der Waals surface area contributed by atoms with Crippen LogP contribution in [0.5, 0.6) is 0 Å². The number of allylic oxidation sites excluding steroid dienone is 1. The number of benzene rings is 1. The summed E-state index contributed by atoms with van der Waals surface area (Å²) in [6.45, 7) is 2.15. The molecule has 0 aliphatic rings. The Morgan fingerprint density at radius 2 is 2.11 bits per heavy atom. The Morgan fingerprint density at radius 3 is 2.61 bits per heavy atom. The van der Waals surface area contributed by atoms with E-state index in [1.54, 1.807) is 12.2 Å². The highest BCUT2D eigenvalue weighted by molar-refractivity contribution is 7.80. The topological polar surface area (TPSA) is 29.3 Å². The maximum Gasteiger partial charge on any atom is 0.416 e. The zero-order valence-electron chi connectivity index (χ0n) is 9.74. The second-order valence-corrected chi connectivity index (χ2v) is 3.98. The highest BCUT2D eigenvalue weighted by atomic mass is 32.1. The third-order valence-electron chi connectivity index (χ3n) is 2.27. The molecular formula is C12H13F3N2S. The summed E-state index contributed by atoms with van der Waals surface area (Å²) in [5.74, 6) is 0. The van der Waals surface area contributed by atoms with Crippen molar-refractivity contribution < 1.29 is 13.2 Å². The largest absolute Gasteiger partial charge is 0.416 e. The van der Waals surface area contributed by atoms with E-state index in [0.29, 0.717) is 12.2 Å². The summed E-state index contributed by atoms with van der Waals surface area (Å²) in [5, 5.41) is 0.0347. The molecule has 1 rings (SSSR count). The Balaban J connectivity index is 3.09. The molecule has 0 heterocycles. The van der Waals surface area contributed by atoms with Gasteiger partial charge in [-0.2, -0.15) is 13.2 Å². The predicted molar refractivity (Wildman–Crippen MR) is 70.4 cm³/mol. The Labute approximate surface area is 109 Å². The van der Waals surface area contributed by atoms with Crippen LogP contribution in [0.1, 0.15) is 12.5 Å². The lowest BCUT2D eigenvalue weighted by atomic mass is 10.2. The number of hydrogen-bond acceptors (Lipinski definition) is 1. The van der Waals surface area contributed by atoms with E-state index < -0.39 is 11.7 Å². The van der Waals surface area contributed by atoms with E-state index in [9.17, 15) is 13.2 Å². The van der Waals surface area contributed by atoms with Crippen molar-refractivity contribution in [3.8, 4) is 0 Å². The number of thiocarbonyl (C=S) groups is 1. The van der Waals surface area contributed by atoms with E-state index in [-0.39, 0.29) is 5.11 Å². The first-order valence-corrected chi connectivity index (χ1v) is 5.62. The van der Waals surface area contributed by atoms with Crippen molar-refractivity contribution >= 4 is 23.0 Å². The molecule has 0 aliphatic carbocycles. The van der Waals surface area contributed by atoms with Gasteiger partial charge in [-0.15, -0.1) is 0 Å². The lowest BCUT2D eigenvalue weighted by molar-refractivity contribution is -0.137. The maximum absolute atomic E-state index is 12.6. The molecule has 98 valence electrons. The molecule has 0 bridgehead atoms. The summed E-state index contributed by atoms with van der Waals surface area (Å²) in [6.07, 6.45) is -0.837. The molecule has 0 spiro atoms. The van der Waals surface area contributed by atoms with E-state index in [1.165, 1.54) is 17.0 Å². The smallest absolute Gasteiger partial charge is 0.376 e. The zero-order chi connectivity index (χ0) is 13.8. The van der Waals surface area contributed by atoms with Gasteiger partial charge in [0.2, 0.25) is 0 Å². The molecule has 0 unspecified atom stereocenters. The fourth-order valence-electron chi connectivity index (χ4n) is 1.38. The molecule has 0 aliphatic heterocycles. The standard InChI is InChI=1S/C12H13F3N2S/c1-2-3-7-17(11(16)18)10-6-4-5-9(8-10)12(13,14)15/h2-6,8H,7H2,1H3,(H2,16,18)/b3-2+. The first kappa shape index (κ1) is 14.5. The third-order valence-corrected chi connectivity index (χ3v) is 2.50. The Kier molecular flexibility index (Phi) is 4.72. The van der Waals surface area contributed by atoms with Gasteiger partial charge < -0.3 is 10.6 Å². The van der Waals surface area contributed by atoms with E-state index in [1.807, 2.05) is 6.92 Å². The van der Waals surface area contributed by atoms with Gasteiger partial charge in [-0.1, -0.05) is 18.2 Å².